The number of hydrogen-bond acceptors (Lipinski definition) is 3. The summed E-state index contributed by atoms with van der Waals surface area (Å²) in [6, 6.07) is 22.3. The summed E-state index contributed by atoms with van der Waals surface area (Å²) < 4.78 is 5.34. The maximum Gasteiger partial charge on any atom is 0.225 e. The lowest BCUT2D eigenvalue weighted by molar-refractivity contribution is -0.122. The number of carbonyl (C=O) groups is 2. The van der Waals surface area contributed by atoms with Gasteiger partial charge in [-0.3, -0.25) is 9.59 Å². The zero-order valence-electron chi connectivity index (χ0n) is 16.9. The molecule has 1 aliphatic carbocycles. The van der Waals surface area contributed by atoms with Crippen molar-refractivity contribution >= 4 is 22.5 Å². The Balaban J connectivity index is 1.53. The van der Waals surface area contributed by atoms with Crippen LogP contribution in [-0.2, 0) is 9.59 Å². The van der Waals surface area contributed by atoms with Gasteiger partial charge in [-0.2, -0.15) is 0 Å². The van der Waals surface area contributed by atoms with E-state index < -0.39 is 0 Å². The zero-order valence-corrected chi connectivity index (χ0v) is 16.9. The highest BCUT2D eigenvalue weighted by atomic mass is 16.5. The van der Waals surface area contributed by atoms with Crippen LogP contribution in [0.1, 0.15) is 42.2 Å². The minimum atomic E-state index is -0.183. The molecule has 0 saturated carbocycles. The molecule has 1 aliphatic heterocycles. The summed E-state index contributed by atoms with van der Waals surface area (Å²) in [5, 5.41) is 5.28. The molecule has 1 N–H and O–H groups in total. The Labute approximate surface area is 175 Å². The normalized spacial score (nSPS) is 21.4. The first-order chi connectivity index (χ1) is 14.6. The van der Waals surface area contributed by atoms with Crippen LogP contribution in [0.25, 0.3) is 10.8 Å². The van der Waals surface area contributed by atoms with Crippen molar-refractivity contribution in [2.24, 2.45) is 0 Å². The molecule has 2 atom stereocenters. The van der Waals surface area contributed by atoms with E-state index in [1.54, 1.807) is 7.11 Å². The van der Waals surface area contributed by atoms with Crippen molar-refractivity contribution in [1.82, 2.24) is 5.32 Å². The lowest BCUT2D eigenvalue weighted by Crippen LogP contribution is -2.38. The fraction of sp³-hybridized carbons (Fsp3) is 0.231. The highest BCUT2D eigenvalue weighted by Gasteiger charge is 2.38. The van der Waals surface area contributed by atoms with E-state index in [2.05, 4.69) is 35.6 Å². The Morgan fingerprint density at radius 2 is 1.67 bits per heavy atom. The molecule has 1 heterocycles. The third-order valence-corrected chi connectivity index (χ3v) is 6.28. The number of ether oxygens (including phenoxy) is 1. The summed E-state index contributed by atoms with van der Waals surface area (Å²) in [5.74, 6) is 0.744. The Bertz CT molecular complexity index is 1190. The van der Waals surface area contributed by atoms with Crippen LogP contribution < -0.4 is 10.1 Å². The van der Waals surface area contributed by atoms with Gasteiger partial charge in [0.25, 0.3) is 0 Å². The lowest BCUT2D eigenvalue weighted by Gasteiger charge is -2.34. The molecule has 0 saturated heterocycles. The van der Waals surface area contributed by atoms with Crippen LogP contribution in [0.2, 0.25) is 0 Å². The van der Waals surface area contributed by atoms with Crippen LogP contribution >= 0.6 is 0 Å². The third kappa shape index (κ3) is 3.28. The highest BCUT2D eigenvalue weighted by molar-refractivity contribution is 6.02. The van der Waals surface area contributed by atoms with Crippen molar-refractivity contribution in [3.8, 4) is 5.75 Å². The summed E-state index contributed by atoms with van der Waals surface area (Å²) in [4.78, 5) is 25.8. The molecule has 0 aromatic heterocycles. The number of amides is 1. The molecule has 3 aromatic rings. The molecular formula is C26H23NO3. The van der Waals surface area contributed by atoms with Gasteiger partial charge in [-0.05, 0) is 46.4 Å². The van der Waals surface area contributed by atoms with Crippen molar-refractivity contribution < 1.29 is 14.3 Å². The van der Waals surface area contributed by atoms with E-state index in [1.807, 2.05) is 36.4 Å². The zero-order chi connectivity index (χ0) is 20.7. The second-order valence-corrected chi connectivity index (χ2v) is 8.11. The Morgan fingerprint density at radius 3 is 2.50 bits per heavy atom. The molecule has 3 aromatic carbocycles. The van der Waals surface area contributed by atoms with Crippen molar-refractivity contribution in [2.75, 3.05) is 7.11 Å². The van der Waals surface area contributed by atoms with Crippen LogP contribution in [0.4, 0.5) is 0 Å². The van der Waals surface area contributed by atoms with Crippen LogP contribution in [0.3, 0.4) is 0 Å². The third-order valence-electron chi connectivity index (χ3n) is 6.28. The maximum absolute atomic E-state index is 13.3. The molecule has 5 rings (SSSR count). The Hall–Kier alpha value is -3.40. The molecule has 1 amide bonds. The summed E-state index contributed by atoms with van der Waals surface area (Å²) in [7, 11) is 1.64. The molecule has 4 nitrogen and oxygen atoms in total. The summed E-state index contributed by atoms with van der Waals surface area (Å²) >= 11 is 0. The number of methoxy groups -OCH3 is 1. The number of benzene rings is 3. The van der Waals surface area contributed by atoms with E-state index in [9.17, 15) is 9.59 Å². The molecule has 0 bridgehead atoms. The first kappa shape index (κ1) is 18.6. The number of carbonyl (C=O) groups excluding carboxylic acids is 2. The predicted molar refractivity (Wildman–Crippen MR) is 116 cm³/mol. The molecule has 150 valence electrons. The van der Waals surface area contributed by atoms with Gasteiger partial charge in [-0.1, -0.05) is 54.6 Å². The topological polar surface area (TPSA) is 55.4 Å². The smallest absolute Gasteiger partial charge is 0.225 e. The van der Waals surface area contributed by atoms with Crippen molar-refractivity contribution in [3.63, 3.8) is 0 Å². The van der Waals surface area contributed by atoms with Gasteiger partial charge in [0.2, 0.25) is 5.91 Å². The molecule has 0 fully saturated rings. The van der Waals surface area contributed by atoms with E-state index >= 15 is 0 Å². The molecule has 0 radical (unpaired) electrons. The number of Topliss-reactive ketones (excluding diaryl/α,β-unsaturated/α-hetero) is 1. The van der Waals surface area contributed by atoms with Crippen LogP contribution in [-0.4, -0.2) is 18.8 Å². The first-order valence-electron chi connectivity index (χ1n) is 10.3. The number of nitrogens with one attached hydrogen (secondary N) is 1. The minimum Gasteiger partial charge on any atom is -0.497 e. The van der Waals surface area contributed by atoms with Gasteiger partial charge in [-0.25, -0.2) is 0 Å². The molecular weight excluding hydrogens is 374 g/mol. The fourth-order valence-electron chi connectivity index (χ4n) is 4.80. The standard InChI is InChI=1S/C26H23NO3/c1-30-21-8-4-7-18(12-21)20-13-23-26(24(28)14-20)22(15-25(29)27-23)19-10-9-16-5-2-3-6-17(16)11-19/h2-12,20,22H,13-15H2,1H3,(H,27,29). The van der Waals surface area contributed by atoms with Gasteiger partial charge in [-0.15, -0.1) is 0 Å². The van der Waals surface area contributed by atoms with Crippen molar-refractivity contribution in [1.29, 1.82) is 0 Å². The number of allylic oxidation sites excluding steroid dienone is 2. The fourth-order valence-corrected chi connectivity index (χ4v) is 4.80. The average Bonchev–Trinajstić information content (AvgIpc) is 2.78. The lowest BCUT2D eigenvalue weighted by atomic mass is 9.73. The number of fused-ring (bicyclic) bond motifs is 1. The van der Waals surface area contributed by atoms with Gasteiger partial charge >= 0.3 is 0 Å². The van der Waals surface area contributed by atoms with Gasteiger partial charge in [0.1, 0.15) is 5.75 Å². The molecule has 30 heavy (non-hydrogen) atoms. The van der Waals surface area contributed by atoms with Crippen LogP contribution in [0.15, 0.2) is 78.0 Å². The van der Waals surface area contributed by atoms with E-state index in [4.69, 9.17) is 4.74 Å². The predicted octanol–water partition coefficient (Wildman–Crippen LogP) is 4.85. The molecule has 0 spiro atoms. The second kappa shape index (κ2) is 7.45. The van der Waals surface area contributed by atoms with Gasteiger partial charge in [0.05, 0.1) is 7.11 Å². The number of ketones is 1. The van der Waals surface area contributed by atoms with E-state index in [-0.39, 0.29) is 23.5 Å². The maximum atomic E-state index is 13.3. The monoisotopic (exact) mass is 397 g/mol. The first-order valence-corrected chi connectivity index (χ1v) is 10.3. The minimum absolute atomic E-state index is 0.0222. The average molecular weight is 397 g/mol. The molecule has 2 aliphatic rings. The van der Waals surface area contributed by atoms with Crippen LogP contribution in [0, 0.1) is 0 Å². The Morgan fingerprint density at radius 1 is 0.833 bits per heavy atom. The van der Waals surface area contributed by atoms with Crippen molar-refractivity contribution in [3.05, 3.63) is 89.1 Å². The summed E-state index contributed by atoms with van der Waals surface area (Å²) in [6.45, 7) is 0. The summed E-state index contributed by atoms with van der Waals surface area (Å²) in [5.41, 5.74) is 3.66. The number of hydrogen-bond donors (Lipinski definition) is 1. The Kier molecular flexibility index (Phi) is 4.62. The van der Waals surface area contributed by atoms with Gasteiger partial charge < -0.3 is 10.1 Å². The molecule has 2 unspecified atom stereocenters. The molecule has 4 heteroatoms. The van der Waals surface area contributed by atoms with Crippen LogP contribution in [0.5, 0.6) is 5.75 Å². The largest absolute Gasteiger partial charge is 0.497 e. The SMILES string of the molecule is COc1cccc(C2CC(=O)C3=C(C2)NC(=O)CC3c2ccc3ccccc3c2)c1. The van der Waals surface area contributed by atoms with Crippen molar-refractivity contribution in [2.45, 2.75) is 31.1 Å². The van der Waals surface area contributed by atoms with E-state index in [1.165, 1.54) is 0 Å². The second-order valence-electron chi connectivity index (χ2n) is 8.11. The van der Waals surface area contributed by atoms with Gasteiger partial charge in [0.15, 0.2) is 5.78 Å². The quantitative estimate of drug-likeness (QED) is 0.687. The highest BCUT2D eigenvalue weighted by Crippen LogP contribution is 2.43. The number of rotatable bonds is 3. The summed E-state index contributed by atoms with van der Waals surface area (Å²) in [6.07, 6.45) is 1.42. The van der Waals surface area contributed by atoms with E-state index in [0.717, 1.165) is 38.9 Å². The van der Waals surface area contributed by atoms with Gasteiger partial charge in [0, 0.05) is 30.0 Å². The van der Waals surface area contributed by atoms with E-state index in [0.29, 0.717) is 19.3 Å².